The molecule has 0 bridgehead atoms. The summed E-state index contributed by atoms with van der Waals surface area (Å²) in [7, 11) is 0. The van der Waals surface area contributed by atoms with Gasteiger partial charge in [0.25, 0.3) is 0 Å². The van der Waals surface area contributed by atoms with Gasteiger partial charge >= 0.3 is 0 Å². The van der Waals surface area contributed by atoms with E-state index in [2.05, 4.69) is 60.4 Å². The Balaban J connectivity index is 2.34. The minimum absolute atomic E-state index is 0.419. The molecule has 0 aromatic carbocycles. The summed E-state index contributed by atoms with van der Waals surface area (Å²) in [6.45, 7) is 10.1. The molecule has 0 aliphatic rings. The summed E-state index contributed by atoms with van der Waals surface area (Å²) in [4.78, 5) is 1.40. The van der Waals surface area contributed by atoms with Crippen LogP contribution in [-0.4, -0.2) is 6.54 Å². The van der Waals surface area contributed by atoms with Crippen LogP contribution in [0, 0.1) is 5.41 Å². The lowest BCUT2D eigenvalue weighted by atomic mass is 9.92. The topological polar surface area (TPSA) is 12.0 Å². The van der Waals surface area contributed by atoms with Crippen molar-refractivity contribution in [2.24, 2.45) is 5.41 Å². The number of thiophene rings is 1. The van der Waals surface area contributed by atoms with Crippen LogP contribution in [0.1, 0.15) is 45.0 Å². The first kappa shape index (κ1) is 13.2. The maximum Gasteiger partial charge on any atom is 0.0386 e. The van der Waals surface area contributed by atoms with Crippen LogP contribution in [0.25, 0.3) is 0 Å². The van der Waals surface area contributed by atoms with E-state index in [1.165, 1.54) is 15.8 Å². The molecule has 86 valence electrons. The van der Waals surface area contributed by atoms with Gasteiger partial charge in [-0.15, -0.1) is 11.3 Å². The van der Waals surface area contributed by atoms with Crippen LogP contribution >= 0.6 is 27.3 Å². The van der Waals surface area contributed by atoms with Crippen LogP contribution in [0.15, 0.2) is 15.9 Å². The van der Waals surface area contributed by atoms with E-state index < -0.39 is 0 Å². The normalized spacial score (nSPS) is 14.2. The molecule has 1 nitrogen and oxygen atoms in total. The molecule has 0 spiro atoms. The largest absolute Gasteiger partial charge is 0.309 e. The molecule has 1 atom stereocenters. The fraction of sp³-hybridized carbons (Fsp3) is 0.667. The molecule has 1 rings (SSSR count). The van der Waals surface area contributed by atoms with Crippen molar-refractivity contribution >= 4 is 27.3 Å². The van der Waals surface area contributed by atoms with Crippen LogP contribution < -0.4 is 5.32 Å². The molecule has 1 aromatic rings. The maximum absolute atomic E-state index is 3.56. The molecule has 0 saturated heterocycles. The Morgan fingerprint density at radius 2 is 2.13 bits per heavy atom. The van der Waals surface area contributed by atoms with Gasteiger partial charge in [0.05, 0.1) is 0 Å². The molecule has 0 saturated carbocycles. The fourth-order valence-corrected chi connectivity index (χ4v) is 2.80. The van der Waals surface area contributed by atoms with Crippen molar-refractivity contribution in [3.63, 3.8) is 0 Å². The highest BCUT2D eigenvalue weighted by molar-refractivity contribution is 9.10. The van der Waals surface area contributed by atoms with Gasteiger partial charge in [-0.05, 0) is 47.3 Å². The number of hydrogen-bond acceptors (Lipinski definition) is 2. The zero-order valence-electron chi connectivity index (χ0n) is 9.93. The van der Waals surface area contributed by atoms with Gasteiger partial charge in [0.2, 0.25) is 0 Å². The van der Waals surface area contributed by atoms with E-state index in [4.69, 9.17) is 0 Å². The zero-order chi connectivity index (χ0) is 11.5. The number of nitrogens with one attached hydrogen (secondary N) is 1. The minimum Gasteiger partial charge on any atom is -0.309 e. The van der Waals surface area contributed by atoms with E-state index in [1.807, 2.05) is 0 Å². The van der Waals surface area contributed by atoms with Gasteiger partial charge in [-0.25, -0.2) is 0 Å². The molecular formula is C12H20BrNS. The quantitative estimate of drug-likeness (QED) is 0.854. The summed E-state index contributed by atoms with van der Waals surface area (Å²) in [5.74, 6) is 0. The molecule has 1 unspecified atom stereocenters. The average Bonchev–Trinajstić information content (AvgIpc) is 2.49. The summed E-state index contributed by atoms with van der Waals surface area (Å²) in [5, 5.41) is 5.69. The van der Waals surface area contributed by atoms with Crippen molar-refractivity contribution in [1.82, 2.24) is 5.32 Å². The lowest BCUT2D eigenvalue weighted by Gasteiger charge is -2.20. The predicted molar refractivity (Wildman–Crippen MR) is 72.5 cm³/mol. The Morgan fingerprint density at radius 3 is 2.60 bits per heavy atom. The van der Waals surface area contributed by atoms with E-state index >= 15 is 0 Å². The van der Waals surface area contributed by atoms with Crippen molar-refractivity contribution < 1.29 is 0 Å². The third-order valence-corrected chi connectivity index (χ3v) is 4.22. The average molecular weight is 290 g/mol. The smallest absolute Gasteiger partial charge is 0.0386 e. The van der Waals surface area contributed by atoms with E-state index in [1.54, 1.807) is 11.3 Å². The Labute approximate surface area is 105 Å². The first-order chi connectivity index (χ1) is 6.88. The van der Waals surface area contributed by atoms with E-state index in [0.717, 1.165) is 6.54 Å². The highest BCUT2D eigenvalue weighted by atomic mass is 79.9. The molecule has 0 aliphatic carbocycles. The Hall–Kier alpha value is 0.140. The molecule has 1 heterocycles. The Bertz CT molecular complexity index is 301. The lowest BCUT2D eigenvalue weighted by molar-refractivity contribution is 0.358. The number of hydrogen-bond donors (Lipinski definition) is 1. The van der Waals surface area contributed by atoms with Crippen LogP contribution in [0.3, 0.4) is 0 Å². The summed E-state index contributed by atoms with van der Waals surface area (Å²) in [6, 6.07) is 2.66. The van der Waals surface area contributed by atoms with Gasteiger partial charge in [0, 0.05) is 20.8 Å². The molecule has 15 heavy (non-hydrogen) atoms. The van der Waals surface area contributed by atoms with Crippen LogP contribution in [-0.2, 0) is 0 Å². The summed E-state index contributed by atoms with van der Waals surface area (Å²) >= 11 is 5.29. The SMILES string of the molecule is CC(NCCC(C)(C)C)c1cc(Br)cs1. The van der Waals surface area contributed by atoms with E-state index in [-0.39, 0.29) is 0 Å². The van der Waals surface area contributed by atoms with Crippen molar-refractivity contribution in [3.05, 3.63) is 20.8 Å². The Morgan fingerprint density at radius 1 is 1.47 bits per heavy atom. The molecular weight excluding hydrogens is 270 g/mol. The van der Waals surface area contributed by atoms with Crippen LogP contribution in [0.2, 0.25) is 0 Å². The second-order valence-electron chi connectivity index (χ2n) is 5.15. The first-order valence-corrected chi connectivity index (χ1v) is 7.03. The maximum atomic E-state index is 3.56. The van der Waals surface area contributed by atoms with Crippen LogP contribution in [0.5, 0.6) is 0 Å². The Kier molecular flexibility index (Phi) is 4.81. The molecule has 0 fully saturated rings. The van der Waals surface area contributed by atoms with Crippen LogP contribution in [0.4, 0.5) is 0 Å². The lowest BCUT2D eigenvalue weighted by Crippen LogP contribution is -2.23. The van der Waals surface area contributed by atoms with Gasteiger partial charge in [-0.3, -0.25) is 0 Å². The zero-order valence-corrected chi connectivity index (χ0v) is 12.3. The predicted octanol–water partition coefficient (Wildman–Crippen LogP) is 4.60. The fourth-order valence-electron chi connectivity index (χ4n) is 1.32. The second-order valence-corrected chi connectivity index (χ2v) is 7.01. The molecule has 0 radical (unpaired) electrons. The van der Waals surface area contributed by atoms with E-state index in [0.29, 0.717) is 11.5 Å². The summed E-state index contributed by atoms with van der Waals surface area (Å²) in [5.41, 5.74) is 0.419. The monoisotopic (exact) mass is 289 g/mol. The third kappa shape index (κ3) is 5.14. The van der Waals surface area contributed by atoms with Gasteiger partial charge in [0.1, 0.15) is 0 Å². The molecule has 1 N–H and O–H groups in total. The molecule has 0 amide bonds. The van der Waals surface area contributed by atoms with Crippen molar-refractivity contribution in [3.8, 4) is 0 Å². The standard InChI is InChI=1S/C12H20BrNS/c1-9(11-7-10(13)8-15-11)14-6-5-12(2,3)4/h7-9,14H,5-6H2,1-4H3. The molecule has 1 aromatic heterocycles. The van der Waals surface area contributed by atoms with Crippen molar-refractivity contribution in [2.45, 2.75) is 40.2 Å². The van der Waals surface area contributed by atoms with Gasteiger partial charge in [0.15, 0.2) is 0 Å². The third-order valence-electron chi connectivity index (χ3n) is 2.34. The number of rotatable bonds is 4. The van der Waals surface area contributed by atoms with Crippen molar-refractivity contribution in [2.75, 3.05) is 6.54 Å². The highest BCUT2D eigenvalue weighted by Crippen LogP contribution is 2.25. The summed E-state index contributed by atoms with van der Waals surface area (Å²) in [6.07, 6.45) is 1.21. The van der Waals surface area contributed by atoms with Gasteiger partial charge in [-0.2, -0.15) is 0 Å². The molecule has 3 heteroatoms. The first-order valence-electron chi connectivity index (χ1n) is 5.36. The minimum atomic E-state index is 0.419. The van der Waals surface area contributed by atoms with E-state index in [9.17, 15) is 0 Å². The summed E-state index contributed by atoms with van der Waals surface area (Å²) < 4.78 is 1.19. The highest BCUT2D eigenvalue weighted by Gasteiger charge is 2.11. The van der Waals surface area contributed by atoms with Crippen molar-refractivity contribution in [1.29, 1.82) is 0 Å². The van der Waals surface area contributed by atoms with Gasteiger partial charge < -0.3 is 5.32 Å². The molecule has 0 aliphatic heterocycles. The number of halogens is 1. The second kappa shape index (κ2) is 5.46. The van der Waals surface area contributed by atoms with Gasteiger partial charge in [-0.1, -0.05) is 20.8 Å².